The van der Waals surface area contributed by atoms with Crippen molar-refractivity contribution in [2.75, 3.05) is 64.7 Å². The van der Waals surface area contributed by atoms with Gasteiger partial charge in [0, 0.05) is 38.4 Å². The number of hydrogen-bond acceptors (Lipinski definition) is 5. The Kier molecular flexibility index (Phi) is 13.7. The summed E-state index contributed by atoms with van der Waals surface area (Å²) >= 11 is 0. The molecular formula is C24H43IN6O2. The number of rotatable bonds is 8. The number of carbonyl (C=O) groups is 1. The van der Waals surface area contributed by atoms with E-state index < -0.39 is 11.7 Å². The van der Waals surface area contributed by atoms with E-state index in [1.807, 2.05) is 45.0 Å². The molecule has 0 bridgehead atoms. The van der Waals surface area contributed by atoms with Crippen molar-refractivity contribution < 1.29 is 9.53 Å². The first-order valence-electron chi connectivity index (χ1n) is 11.8. The van der Waals surface area contributed by atoms with Gasteiger partial charge in [0.25, 0.3) is 0 Å². The monoisotopic (exact) mass is 574 g/mol. The number of nitrogens with one attached hydrogen (secondary N) is 3. The zero-order chi connectivity index (χ0) is 23.4. The van der Waals surface area contributed by atoms with Crippen LogP contribution in [-0.4, -0.2) is 86.9 Å². The summed E-state index contributed by atoms with van der Waals surface area (Å²) in [4.78, 5) is 21.5. The third kappa shape index (κ3) is 13.0. The van der Waals surface area contributed by atoms with Crippen LogP contribution in [0.5, 0.6) is 0 Å². The zero-order valence-corrected chi connectivity index (χ0v) is 23.3. The second kappa shape index (κ2) is 15.3. The molecule has 1 aromatic rings. The van der Waals surface area contributed by atoms with Crippen molar-refractivity contribution in [3.63, 3.8) is 0 Å². The fraction of sp³-hybridized carbons (Fsp3) is 0.667. The van der Waals surface area contributed by atoms with Crippen LogP contribution in [0.4, 0.5) is 10.5 Å². The molecule has 0 radical (unpaired) electrons. The highest BCUT2D eigenvalue weighted by Crippen LogP contribution is 2.13. The Bertz CT molecular complexity index is 721. The molecule has 1 heterocycles. The van der Waals surface area contributed by atoms with Crippen molar-refractivity contribution in [2.24, 2.45) is 4.99 Å². The van der Waals surface area contributed by atoms with Crippen LogP contribution in [0.15, 0.2) is 29.3 Å². The van der Waals surface area contributed by atoms with E-state index in [0.29, 0.717) is 0 Å². The topological polar surface area (TPSA) is 81.2 Å². The molecule has 0 atom stereocenters. The number of anilines is 1. The Labute approximate surface area is 216 Å². The Balaban J connectivity index is 0.00000544. The van der Waals surface area contributed by atoms with Gasteiger partial charge in [-0.15, -0.1) is 24.0 Å². The van der Waals surface area contributed by atoms with Gasteiger partial charge in [0.2, 0.25) is 0 Å². The largest absolute Gasteiger partial charge is 0.444 e. The van der Waals surface area contributed by atoms with Crippen LogP contribution >= 0.6 is 24.0 Å². The number of likely N-dealkylation sites (N-methyl/N-ethyl adjacent to an activating group) is 1. The molecule has 0 saturated carbocycles. The first kappa shape index (κ1) is 29.4. The van der Waals surface area contributed by atoms with Crippen LogP contribution in [0.1, 0.15) is 39.7 Å². The van der Waals surface area contributed by atoms with Crippen molar-refractivity contribution in [1.29, 1.82) is 0 Å². The van der Waals surface area contributed by atoms with Gasteiger partial charge in [-0.1, -0.05) is 12.1 Å². The fourth-order valence-corrected chi connectivity index (χ4v) is 3.47. The highest BCUT2D eigenvalue weighted by molar-refractivity contribution is 14.0. The van der Waals surface area contributed by atoms with Gasteiger partial charge in [-0.3, -0.25) is 10.3 Å². The minimum absolute atomic E-state index is 0. The minimum Gasteiger partial charge on any atom is -0.444 e. The normalized spacial score (nSPS) is 15.8. The molecule has 9 heteroatoms. The number of nitrogens with zero attached hydrogens (tertiary/aromatic N) is 3. The maximum Gasteiger partial charge on any atom is 0.412 e. The van der Waals surface area contributed by atoms with Gasteiger partial charge in [-0.2, -0.15) is 0 Å². The zero-order valence-electron chi connectivity index (χ0n) is 20.9. The first-order valence-corrected chi connectivity index (χ1v) is 11.8. The van der Waals surface area contributed by atoms with Crippen LogP contribution in [0, 0.1) is 0 Å². The third-order valence-electron chi connectivity index (χ3n) is 5.15. The van der Waals surface area contributed by atoms with Crippen molar-refractivity contribution in [3.05, 3.63) is 29.8 Å². The van der Waals surface area contributed by atoms with Crippen molar-refractivity contribution in [3.8, 4) is 0 Å². The lowest BCUT2D eigenvalue weighted by atomic mass is 10.1. The second-order valence-electron chi connectivity index (χ2n) is 9.26. The summed E-state index contributed by atoms with van der Waals surface area (Å²) in [5.41, 5.74) is 1.41. The summed E-state index contributed by atoms with van der Waals surface area (Å²) in [5.74, 6) is 0.864. The minimum atomic E-state index is -0.509. The Hall–Kier alpha value is -1.59. The molecule has 188 valence electrons. The number of ether oxygens (including phenoxy) is 1. The van der Waals surface area contributed by atoms with E-state index in [2.05, 4.69) is 39.7 Å². The summed E-state index contributed by atoms with van der Waals surface area (Å²) < 4.78 is 5.28. The van der Waals surface area contributed by atoms with Crippen LogP contribution in [0.3, 0.4) is 0 Å². The predicted octanol–water partition coefficient (Wildman–Crippen LogP) is 3.39. The fourth-order valence-electron chi connectivity index (χ4n) is 3.47. The molecule has 0 spiro atoms. The van der Waals surface area contributed by atoms with Crippen LogP contribution < -0.4 is 16.0 Å². The number of carbonyl (C=O) groups excluding carboxylic acids is 1. The van der Waals surface area contributed by atoms with E-state index >= 15 is 0 Å². The molecule has 0 aliphatic carbocycles. The Morgan fingerprint density at radius 3 is 2.48 bits per heavy atom. The van der Waals surface area contributed by atoms with Crippen LogP contribution in [-0.2, 0) is 11.2 Å². The quantitative estimate of drug-likeness (QED) is 0.251. The van der Waals surface area contributed by atoms with Crippen molar-refractivity contribution >= 4 is 41.7 Å². The SMILES string of the molecule is CCNC(=NCCN1CCCN(C)CC1)NCCc1ccc(NC(=O)OC(C)(C)C)cc1.I. The number of amides is 1. The molecule has 2 rings (SSSR count). The van der Waals surface area contributed by atoms with Gasteiger partial charge in [0.1, 0.15) is 5.60 Å². The smallest absolute Gasteiger partial charge is 0.412 e. The van der Waals surface area contributed by atoms with E-state index in [9.17, 15) is 4.79 Å². The van der Waals surface area contributed by atoms with Crippen LogP contribution in [0.25, 0.3) is 0 Å². The van der Waals surface area contributed by atoms with Gasteiger partial charge < -0.3 is 25.2 Å². The van der Waals surface area contributed by atoms with Crippen molar-refractivity contribution in [2.45, 2.75) is 46.1 Å². The molecule has 1 saturated heterocycles. The summed E-state index contributed by atoms with van der Waals surface area (Å²) in [5, 5.41) is 9.51. The number of halogens is 1. The summed E-state index contributed by atoms with van der Waals surface area (Å²) in [6.07, 6.45) is 1.66. The van der Waals surface area contributed by atoms with Gasteiger partial charge in [-0.05, 0) is 78.4 Å². The molecule has 1 aromatic carbocycles. The molecule has 1 aliphatic rings. The first-order chi connectivity index (χ1) is 15.2. The van der Waals surface area contributed by atoms with Crippen LogP contribution in [0.2, 0.25) is 0 Å². The van der Waals surface area contributed by atoms with E-state index in [4.69, 9.17) is 9.73 Å². The molecule has 3 N–H and O–H groups in total. The highest BCUT2D eigenvalue weighted by atomic mass is 127. The maximum atomic E-state index is 11.9. The summed E-state index contributed by atoms with van der Waals surface area (Å²) in [7, 11) is 2.19. The molecule has 33 heavy (non-hydrogen) atoms. The molecule has 0 unspecified atom stereocenters. The van der Waals surface area contributed by atoms with Crippen molar-refractivity contribution in [1.82, 2.24) is 20.4 Å². The maximum absolute atomic E-state index is 11.9. The van der Waals surface area contributed by atoms with Gasteiger partial charge in [0.05, 0.1) is 6.54 Å². The average Bonchev–Trinajstić information content (AvgIpc) is 2.92. The Morgan fingerprint density at radius 2 is 1.82 bits per heavy atom. The Morgan fingerprint density at radius 1 is 1.09 bits per heavy atom. The standard InChI is InChI=1S/C24H42N6O2.HI/c1-6-25-22(27-14-17-30-16-7-15-29(5)18-19-30)26-13-12-20-8-10-21(11-9-20)28-23(31)32-24(2,3)4;/h8-11H,6-7,12-19H2,1-5H3,(H,28,31)(H2,25,26,27);1H. The van der Waals surface area contributed by atoms with E-state index in [1.165, 1.54) is 18.5 Å². The summed E-state index contributed by atoms with van der Waals surface area (Å²) in [6.45, 7) is 15.6. The number of hydrogen-bond donors (Lipinski definition) is 3. The second-order valence-corrected chi connectivity index (χ2v) is 9.26. The van der Waals surface area contributed by atoms with E-state index in [-0.39, 0.29) is 24.0 Å². The lowest BCUT2D eigenvalue weighted by molar-refractivity contribution is 0.0636. The average molecular weight is 575 g/mol. The molecule has 1 fully saturated rings. The number of guanidine groups is 1. The lowest BCUT2D eigenvalue weighted by Crippen LogP contribution is -2.39. The predicted molar refractivity (Wildman–Crippen MR) is 148 cm³/mol. The number of benzene rings is 1. The van der Waals surface area contributed by atoms with Gasteiger partial charge in [-0.25, -0.2) is 4.79 Å². The molecule has 0 aromatic heterocycles. The van der Waals surface area contributed by atoms with Gasteiger partial charge >= 0.3 is 6.09 Å². The van der Waals surface area contributed by atoms with E-state index in [1.54, 1.807) is 0 Å². The lowest BCUT2D eigenvalue weighted by Gasteiger charge is -2.19. The van der Waals surface area contributed by atoms with Gasteiger partial charge in [0.15, 0.2) is 5.96 Å². The molecule has 1 aliphatic heterocycles. The van der Waals surface area contributed by atoms with E-state index in [0.717, 1.165) is 63.9 Å². The molecule has 1 amide bonds. The highest BCUT2D eigenvalue weighted by Gasteiger charge is 2.16. The third-order valence-corrected chi connectivity index (χ3v) is 5.15. The summed E-state index contributed by atoms with van der Waals surface area (Å²) in [6, 6.07) is 7.85. The number of aliphatic imine (C=N–C) groups is 1. The molecular weight excluding hydrogens is 531 g/mol. The molecule has 8 nitrogen and oxygen atoms in total.